The van der Waals surface area contributed by atoms with Crippen LogP contribution in [0.15, 0.2) is 24.3 Å². The smallest absolute Gasteiger partial charge is 0.126 e. The number of hydrogen-bond acceptors (Lipinski definition) is 2. The lowest BCUT2D eigenvalue weighted by Gasteiger charge is -2.13. The van der Waals surface area contributed by atoms with E-state index in [1.165, 1.54) is 6.07 Å². The first-order valence-corrected chi connectivity index (χ1v) is 4.84. The zero-order valence-corrected chi connectivity index (χ0v) is 8.59. The molecule has 0 aliphatic rings. The molecule has 1 aromatic carbocycles. The maximum atomic E-state index is 13.2. The van der Waals surface area contributed by atoms with Crippen molar-refractivity contribution in [3.05, 3.63) is 35.6 Å². The number of nitrogens with one attached hydrogen (secondary N) is 1. The van der Waals surface area contributed by atoms with E-state index in [1.54, 1.807) is 12.1 Å². The summed E-state index contributed by atoms with van der Waals surface area (Å²) in [5.74, 6) is -0.155. The van der Waals surface area contributed by atoms with Crippen LogP contribution in [0.25, 0.3) is 0 Å². The molecule has 1 N–H and O–H groups in total. The van der Waals surface area contributed by atoms with Gasteiger partial charge in [-0.05, 0) is 31.9 Å². The summed E-state index contributed by atoms with van der Waals surface area (Å²) in [7, 11) is 0. The Balaban J connectivity index is 2.47. The summed E-state index contributed by atoms with van der Waals surface area (Å²) in [6.07, 6.45) is 0.632. The van der Waals surface area contributed by atoms with Gasteiger partial charge in [0.05, 0.1) is 6.61 Å². The summed E-state index contributed by atoms with van der Waals surface area (Å²) in [6, 6.07) is 6.92. The lowest BCUT2D eigenvalue weighted by atomic mass is 10.1. The predicted molar refractivity (Wildman–Crippen MR) is 54.3 cm³/mol. The Hall–Kier alpha value is -0.930. The molecular weight excluding hydrogens is 181 g/mol. The molecule has 0 heterocycles. The summed E-state index contributed by atoms with van der Waals surface area (Å²) in [5.41, 5.74) is 3.56. The van der Waals surface area contributed by atoms with E-state index >= 15 is 0 Å². The topological polar surface area (TPSA) is 21.3 Å². The molecule has 0 amide bonds. The normalized spacial score (nSPS) is 12.8. The zero-order chi connectivity index (χ0) is 10.4. The van der Waals surface area contributed by atoms with Gasteiger partial charge in [-0.15, -0.1) is 0 Å². The molecule has 0 aliphatic carbocycles. The number of hydrogen-bond donors (Lipinski definition) is 1. The molecule has 0 aliphatic heterocycles. The van der Waals surface area contributed by atoms with Gasteiger partial charge in [0.1, 0.15) is 5.82 Å². The summed E-state index contributed by atoms with van der Waals surface area (Å²) in [4.78, 5) is 5.03. The molecular formula is C11H16FNO. The lowest BCUT2D eigenvalue weighted by molar-refractivity contribution is 0.0288. The molecule has 1 atom stereocenters. The van der Waals surface area contributed by atoms with Gasteiger partial charge >= 0.3 is 0 Å². The van der Waals surface area contributed by atoms with Gasteiger partial charge in [-0.1, -0.05) is 18.2 Å². The predicted octanol–water partition coefficient (Wildman–Crippen LogP) is 2.30. The van der Waals surface area contributed by atoms with Gasteiger partial charge in [0.15, 0.2) is 0 Å². The fourth-order valence-electron chi connectivity index (χ4n) is 1.26. The number of halogens is 1. The van der Waals surface area contributed by atoms with Crippen LogP contribution in [0.2, 0.25) is 0 Å². The van der Waals surface area contributed by atoms with Crippen molar-refractivity contribution >= 4 is 0 Å². The van der Waals surface area contributed by atoms with Crippen LogP contribution in [0.3, 0.4) is 0 Å². The summed E-state index contributed by atoms with van der Waals surface area (Å²) < 4.78 is 13.2. The Kier molecular flexibility index (Phi) is 4.56. The average Bonchev–Trinajstić information content (AvgIpc) is 2.18. The largest absolute Gasteiger partial charge is 0.302 e. The molecule has 1 rings (SSSR count). The van der Waals surface area contributed by atoms with Gasteiger partial charge in [-0.3, -0.25) is 0 Å². The van der Waals surface area contributed by atoms with Crippen LogP contribution in [0.1, 0.15) is 19.4 Å². The quantitative estimate of drug-likeness (QED) is 0.731. The number of hydroxylamine groups is 1. The van der Waals surface area contributed by atoms with E-state index in [0.29, 0.717) is 18.6 Å². The zero-order valence-electron chi connectivity index (χ0n) is 8.59. The molecule has 0 aromatic heterocycles. The molecule has 0 radical (unpaired) electrons. The van der Waals surface area contributed by atoms with E-state index in [0.717, 1.165) is 0 Å². The molecule has 0 fully saturated rings. The molecule has 1 aromatic rings. The van der Waals surface area contributed by atoms with Gasteiger partial charge < -0.3 is 4.84 Å². The van der Waals surface area contributed by atoms with Crippen LogP contribution < -0.4 is 5.48 Å². The third-order valence-electron chi connectivity index (χ3n) is 1.91. The number of rotatable bonds is 5. The van der Waals surface area contributed by atoms with Crippen molar-refractivity contribution < 1.29 is 9.23 Å². The SMILES string of the molecule is CCONC(C)Cc1ccccc1F. The minimum absolute atomic E-state index is 0.117. The summed E-state index contributed by atoms with van der Waals surface area (Å²) in [6.45, 7) is 4.48. The van der Waals surface area contributed by atoms with Crippen molar-refractivity contribution in [2.45, 2.75) is 26.3 Å². The van der Waals surface area contributed by atoms with Crippen molar-refractivity contribution in [1.29, 1.82) is 0 Å². The van der Waals surface area contributed by atoms with Crippen LogP contribution >= 0.6 is 0 Å². The molecule has 0 spiro atoms. The van der Waals surface area contributed by atoms with Crippen molar-refractivity contribution in [2.24, 2.45) is 0 Å². The fraction of sp³-hybridized carbons (Fsp3) is 0.455. The summed E-state index contributed by atoms with van der Waals surface area (Å²) in [5, 5.41) is 0. The maximum absolute atomic E-state index is 13.2. The van der Waals surface area contributed by atoms with Crippen LogP contribution in [0, 0.1) is 5.82 Å². The molecule has 78 valence electrons. The Morgan fingerprint density at radius 3 is 2.79 bits per heavy atom. The third-order valence-corrected chi connectivity index (χ3v) is 1.91. The molecule has 3 heteroatoms. The minimum Gasteiger partial charge on any atom is -0.302 e. The standard InChI is InChI=1S/C11H16FNO/c1-3-14-13-9(2)8-10-6-4-5-7-11(10)12/h4-7,9,13H,3,8H2,1-2H3. The third kappa shape index (κ3) is 3.44. The van der Waals surface area contributed by atoms with Crippen LogP contribution in [-0.2, 0) is 11.3 Å². The van der Waals surface area contributed by atoms with Crippen molar-refractivity contribution in [1.82, 2.24) is 5.48 Å². The minimum atomic E-state index is -0.155. The van der Waals surface area contributed by atoms with Gasteiger partial charge in [0, 0.05) is 6.04 Å². The van der Waals surface area contributed by atoms with Gasteiger partial charge in [0.2, 0.25) is 0 Å². The second-order valence-electron chi connectivity index (χ2n) is 3.25. The first-order valence-electron chi connectivity index (χ1n) is 4.84. The molecule has 1 unspecified atom stereocenters. The monoisotopic (exact) mass is 197 g/mol. The molecule has 0 saturated heterocycles. The highest BCUT2D eigenvalue weighted by Gasteiger charge is 2.06. The van der Waals surface area contributed by atoms with E-state index in [-0.39, 0.29) is 11.9 Å². The second kappa shape index (κ2) is 5.73. The van der Waals surface area contributed by atoms with E-state index in [4.69, 9.17) is 4.84 Å². The highest BCUT2D eigenvalue weighted by Crippen LogP contribution is 2.08. The highest BCUT2D eigenvalue weighted by molar-refractivity contribution is 5.18. The van der Waals surface area contributed by atoms with Crippen LogP contribution in [0.4, 0.5) is 4.39 Å². The summed E-state index contributed by atoms with van der Waals surface area (Å²) >= 11 is 0. The Labute approximate surface area is 84.0 Å². The first-order chi connectivity index (χ1) is 6.74. The molecule has 2 nitrogen and oxygen atoms in total. The Morgan fingerprint density at radius 1 is 1.43 bits per heavy atom. The van der Waals surface area contributed by atoms with Crippen LogP contribution in [0.5, 0.6) is 0 Å². The fourth-order valence-corrected chi connectivity index (χ4v) is 1.26. The van der Waals surface area contributed by atoms with Crippen molar-refractivity contribution in [3.8, 4) is 0 Å². The Morgan fingerprint density at radius 2 is 2.14 bits per heavy atom. The lowest BCUT2D eigenvalue weighted by Crippen LogP contribution is -2.28. The van der Waals surface area contributed by atoms with Crippen molar-refractivity contribution in [2.75, 3.05) is 6.61 Å². The van der Waals surface area contributed by atoms with Crippen molar-refractivity contribution in [3.63, 3.8) is 0 Å². The Bertz CT molecular complexity index is 278. The van der Waals surface area contributed by atoms with Gasteiger partial charge in [-0.25, -0.2) is 4.39 Å². The van der Waals surface area contributed by atoms with E-state index in [2.05, 4.69) is 5.48 Å². The number of benzene rings is 1. The second-order valence-corrected chi connectivity index (χ2v) is 3.25. The van der Waals surface area contributed by atoms with Gasteiger partial charge in [0.25, 0.3) is 0 Å². The molecule has 0 saturated carbocycles. The van der Waals surface area contributed by atoms with E-state index < -0.39 is 0 Å². The van der Waals surface area contributed by atoms with Gasteiger partial charge in [-0.2, -0.15) is 5.48 Å². The first kappa shape index (κ1) is 11.1. The average molecular weight is 197 g/mol. The molecule has 14 heavy (non-hydrogen) atoms. The van der Waals surface area contributed by atoms with Crippen LogP contribution in [-0.4, -0.2) is 12.6 Å². The van der Waals surface area contributed by atoms with E-state index in [1.807, 2.05) is 19.9 Å². The molecule has 0 bridgehead atoms. The maximum Gasteiger partial charge on any atom is 0.126 e. The highest BCUT2D eigenvalue weighted by atomic mass is 19.1. The van der Waals surface area contributed by atoms with E-state index in [9.17, 15) is 4.39 Å².